The number of benzene rings is 2. The van der Waals surface area contributed by atoms with E-state index in [1.165, 1.54) is 31.2 Å². The lowest BCUT2D eigenvalue weighted by Crippen LogP contribution is -2.55. The summed E-state index contributed by atoms with van der Waals surface area (Å²) in [6.45, 7) is 3.61. The number of aryl methyl sites for hydroxylation is 1. The molecule has 0 aromatic heterocycles. The predicted octanol–water partition coefficient (Wildman–Crippen LogP) is 2.03. The van der Waals surface area contributed by atoms with Gasteiger partial charge in [-0.05, 0) is 55.0 Å². The van der Waals surface area contributed by atoms with Crippen LogP contribution in [0.4, 0.5) is 14.5 Å². The summed E-state index contributed by atoms with van der Waals surface area (Å²) in [4.78, 5) is 3.93. The number of nitrogens with zero attached hydrogens (tertiary/aromatic N) is 2. The molecule has 2 fully saturated rings. The molecule has 0 aliphatic carbocycles. The van der Waals surface area contributed by atoms with Crippen LogP contribution < -0.4 is 4.90 Å². The zero-order valence-corrected chi connectivity index (χ0v) is 18.7. The van der Waals surface area contributed by atoms with Gasteiger partial charge in [0, 0.05) is 37.9 Å². The second kappa shape index (κ2) is 8.14. The van der Waals surface area contributed by atoms with E-state index in [0.29, 0.717) is 26.2 Å². The Morgan fingerprint density at radius 2 is 1.58 bits per heavy atom. The van der Waals surface area contributed by atoms with Gasteiger partial charge >= 0.3 is 0 Å². The SMILES string of the molecule is Cc1cc(S(=O)(=O)[C@H]2CS(=O)(=O)C[C@@H]2N2CCN(c3ccc(F)cc3)CC2)ccc1F. The smallest absolute Gasteiger partial charge is 0.183 e. The number of rotatable bonds is 4. The third-order valence-electron chi connectivity index (χ3n) is 6.10. The van der Waals surface area contributed by atoms with Gasteiger partial charge in [0.05, 0.1) is 21.7 Å². The Bertz CT molecular complexity index is 1180. The molecule has 0 amide bonds. The van der Waals surface area contributed by atoms with Crippen molar-refractivity contribution >= 4 is 25.4 Å². The minimum absolute atomic E-state index is 0.0524. The van der Waals surface area contributed by atoms with Gasteiger partial charge < -0.3 is 4.90 Å². The summed E-state index contributed by atoms with van der Waals surface area (Å²) in [7, 11) is -7.48. The topological polar surface area (TPSA) is 74.8 Å². The maximum Gasteiger partial charge on any atom is 0.183 e. The summed E-state index contributed by atoms with van der Waals surface area (Å²) in [5.74, 6) is -1.48. The predicted molar refractivity (Wildman–Crippen MR) is 115 cm³/mol. The van der Waals surface area contributed by atoms with E-state index in [4.69, 9.17) is 0 Å². The van der Waals surface area contributed by atoms with E-state index >= 15 is 0 Å². The molecule has 0 radical (unpaired) electrons. The number of halogens is 2. The second-order valence-corrected chi connectivity index (χ2v) is 12.5. The van der Waals surface area contributed by atoms with Gasteiger partial charge in [-0.15, -0.1) is 0 Å². The van der Waals surface area contributed by atoms with Crippen molar-refractivity contribution in [2.75, 3.05) is 42.6 Å². The fraction of sp³-hybridized carbons (Fsp3) is 0.429. The number of anilines is 1. The van der Waals surface area contributed by atoms with Crippen LogP contribution in [-0.2, 0) is 19.7 Å². The molecule has 0 N–H and O–H groups in total. The molecule has 2 heterocycles. The normalized spacial score (nSPS) is 24.4. The first-order valence-electron chi connectivity index (χ1n) is 10.0. The van der Waals surface area contributed by atoms with Crippen LogP contribution in [-0.4, -0.2) is 70.7 Å². The zero-order chi connectivity index (χ0) is 22.4. The lowest BCUT2D eigenvalue weighted by atomic mass is 10.1. The minimum atomic E-state index is -3.96. The summed E-state index contributed by atoms with van der Waals surface area (Å²) in [5.41, 5.74) is 1.07. The molecule has 31 heavy (non-hydrogen) atoms. The van der Waals surface area contributed by atoms with Crippen LogP contribution >= 0.6 is 0 Å². The van der Waals surface area contributed by atoms with Crippen molar-refractivity contribution in [1.82, 2.24) is 4.90 Å². The Hall–Kier alpha value is -2.04. The minimum Gasteiger partial charge on any atom is -0.369 e. The van der Waals surface area contributed by atoms with Gasteiger partial charge in [-0.1, -0.05) is 0 Å². The Labute approximate surface area is 181 Å². The molecule has 2 aliphatic rings. The maximum atomic E-state index is 13.6. The quantitative estimate of drug-likeness (QED) is 0.637. The first kappa shape index (κ1) is 22.2. The Balaban J connectivity index is 1.55. The summed E-state index contributed by atoms with van der Waals surface area (Å²) in [6, 6.07) is 9.06. The van der Waals surface area contributed by atoms with E-state index in [1.54, 1.807) is 12.1 Å². The van der Waals surface area contributed by atoms with Crippen molar-refractivity contribution in [1.29, 1.82) is 0 Å². The first-order chi connectivity index (χ1) is 14.6. The molecule has 0 unspecified atom stereocenters. The van der Waals surface area contributed by atoms with Crippen molar-refractivity contribution in [3.8, 4) is 0 Å². The van der Waals surface area contributed by atoms with E-state index in [-0.39, 0.29) is 22.0 Å². The maximum absolute atomic E-state index is 13.6. The molecule has 168 valence electrons. The highest BCUT2D eigenvalue weighted by Crippen LogP contribution is 2.31. The van der Waals surface area contributed by atoms with Gasteiger partial charge in [0.2, 0.25) is 0 Å². The van der Waals surface area contributed by atoms with Crippen LogP contribution in [0, 0.1) is 18.6 Å². The molecule has 2 aromatic rings. The highest BCUT2D eigenvalue weighted by molar-refractivity contribution is 7.96. The van der Waals surface area contributed by atoms with Gasteiger partial charge in [-0.3, -0.25) is 4.90 Å². The first-order valence-corrected chi connectivity index (χ1v) is 13.4. The van der Waals surface area contributed by atoms with Crippen LogP contribution in [0.25, 0.3) is 0 Å². The molecule has 2 saturated heterocycles. The Kier molecular flexibility index (Phi) is 5.82. The van der Waals surface area contributed by atoms with E-state index in [1.807, 2.05) is 4.90 Å². The molecular weight excluding hydrogens is 446 g/mol. The van der Waals surface area contributed by atoms with Crippen LogP contribution in [0.15, 0.2) is 47.4 Å². The van der Waals surface area contributed by atoms with E-state index in [9.17, 15) is 25.6 Å². The number of hydrogen-bond acceptors (Lipinski definition) is 6. The fourth-order valence-electron chi connectivity index (χ4n) is 4.37. The van der Waals surface area contributed by atoms with Gasteiger partial charge in [-0.25, -0.2) is 25.6 Å². The molecular formula is C21H24F2N2O4S2. The standard InChI is InChI=1S/C21H24F2N2O4S2/c1-15-12-18(6-7-19(15)23)31(28,29)21-14-30(26,27)13-20(21)25-10-8-24(9-11-25)17-4-2-16(22)3-5-17/h2-7,12,20-21H,8-11,13-14H2,1H3/t20-,21-/m0/s1. The van der Waals surface area contributed by atoms with Crippen molar-refractivity contribution in [2.45, 2.75) is 23.1 Å². The molecule has 0 spiro atoms. The van der Waals surface area contributed by atoms with Crippen molar-refractivity contribution in [3.63, 3.8) is 0 Å². The third-order valence-corrected chi connectivity index (χ3v) is 10.2. The van der Waals surface area contributed by atoms with E-state index in [2.05, 4.69) is 4.90 Å². The van der Waals surface area contributed by atoms with Crippen LogP contribution in [0.1, 0.15) is 5.56 Å². The second-order valence-electron chi connectivity index (χ2n) is 8.14. The number of sulfone groups is 2. The van der Waals surface area contributed by atoms with Crippen LogP contribution in [0.5, 0.6) is 0 Å². The molecule has 0 bridgehead atoms. The number of hydrogen-bond donors (Lipinski definition) is 0. The summed E-state index contributed by atoms with van der Waals surface area (Å²) >= 11 is 0. The van der Waals surface area contributed by atoms with Gasteiger partial charge in [0.15, 0.2) is 19.7 Å². The molecule has 2 aromatic carbocycles. The van der Waals surface area contributed by atoms with E-state index < -0.39 is 42.5 Å². The van der Waals surface area contributed by atoms with Gasteiger partial charge in [0.1, 0.15) is 11.6 Å². The highest BCUT2D eigenvalue weighted by atomic mass is 32.2. The monoisotopic (exact) mass is 470 g/mol. The van der Waals surface area contributed by atoms with Crippen LogP contribution in [0.2, 0.25) is 0 Å². The van der Waals surface area contributed by atoms with Gasteiger partial charge in [-0.2, -0.15) is 0 Å². The Morgan fingerprint density at radius 3 is 2.19 bits per heavy atom. The van der Waals surface area contributed by atoms with Crippen molar-refractivity contribution in [2.24, 2.45) is 0 Å². The summed E-state index contributed by atoms with van der Waals surface area (Å²) in [5, 5.41) is -1.10. The largest absolute Gasteiger partial charge is 0.369 e. The zero-order valence-electron chi connectivity index (χ0n) is 17.0. The molecule has 4 rings (SSSR count). The van der Waals surface area contributed by atoms with Crippen LogP contribution in [0.3, 0.4) is 0 Å². The van der Waals surface area contributed by atoms with Crippen molar-refractivity contribution < 1.29 is 25.6 Å². The molecule has 2 aliphatic heterocycles. The molecule has 10 heteroatoms. The number of piperazine rings is 1. The lowest BCUT2D eigenvalue weighted by Gasteiger charge is -2.40. The highest BCUT2D eigenvalue weighted by Gasteiger charge is 2.48. The van der Waals surface area contributed by atoms with E-state index in [0.717, 1.165) is 11.8 Å². The molecule has 0 saturated carbocycles. The molecule has 2 atom stereocenters. The Morgan fingerprint density at radius 1 is 0.935 bits per heavy atom. The fourth-order valence-corrected chi connectivity index (χ4v) is 9.28. The van der Waals surface area contributed by atoms with Crippen molar-refractivity contribution in [3.05, 3.63) is 59.7 Å². The van der Waals surface area contributed by atoms with Gasteiger partial charge in [0.25, 0.3) is 0 Å². The third kappa shape index (κ3) is 4.47. The molecule has 6 nitrogen and oxygen atoms in total. The summed E-state index contributed by atoms with van der Waals surface area (Å²) in [6.07, 6.45) is 0. The lowest BCUT2D eigenvalue weighted by molar-refractivity contribution is 0.201. The average molecular weight is 471 g/mol. The average Bonchev–Trinajstić information content (AvgIpc) is 3.07. The summed E-state index contributed by atoms with van der Waals surface area (Å²) < 4.78 is 78.2.